The van der Waals surface area contributed by atoms with E-state index in [1.807, 2.05) is 6.92 Å². The highest BCUT2D eigenvalue weighted by Gasteiger charge is 2.00. The summed E-state index contributed by atoms with van der Waals surface area (Å²) < 4.78 is 9.98. The predicted molar refractivity (Wildman–Crippen MR) is 55.1 cm³/mol. The Balaban J connectivity index is 3.13. The highest BCUT2D eigenvalue weighted by molar-refractivity contribution is 5.86. The normalized spacial score (nSPS) is 9.86. The van der Waals surface area contributed by atoms with E-state index in [1.165, 1.54) is 0 Å². The second-order valence-corrected chi connectivity index (χ2v) is 2.86. The van der Waals surface area contributed by atoms with Crippen molar-refractivity contribution < 1.29 is 14.3 Å². The van der Waals surface area contributed by atoms with Crippen molar-refractivity contribution in [2.24, 2.45) is 0 Å². The van der Waals surface area contributed by atoms with E-state index in [1.54, 1.807) is 6.92 Å². The molecule has 0 amide bonds. The quantitative estimate of drug-likeness (QED) is 0.357. The van der Waals surface area contributed by atoms with Crippen LogP contribution in [0.4, 0.5) is 0 Å². The second kappa shape index (κ2) is 8.72. The summed E-state index contributed by atoms with van der Waals surface area (Å²) in [6, 6.07) is 0. The van der Waals surface area contributed by atoms with Gasteiger partial charge in [-0.1, -0.05) is 6.58 Å². The molecule has 0 heterocycles. The van der Waals surface area contributed by atoms with Gasteiger partial charge in [-0.05, 0) is 13.8 Å². The SMILES string of the molecule is C=C(C)C(=O)OCCNCCOCC. The van der Waals surface area contributed by atoms with Gasteiger partial charge in [0.05, 0.1) is 6.61 Å². The fraction of sp³-hybridized carbons (Fsp3) is 0.700. The van der Waals surface area contributed by atoms with Crippen molar-refractivity contribution in [2.75, 3.05) is 32.9 Å². The average Bonchev–Trinajstić information content (AvgIpc) is 2.16. The molecule has 0 aliphatic heterocycles. The Hall–Kier alpha value is -0.870. The molecular formula is C10H19NO3. The molecule has 0 aromatic heterocycles. The molecule has 0 fully saturated rings. The molecule has 0 radical (unpaired) electrons. The summed E-state index contributed by atoms with van der Waals surface area (Å²) in [7, 11) is 0. The van der Waals surface area contributed by atoms with E-state index in [4.69, 9.17) is 9.47 Å². The summed E-state index contributed by atoms with van der Waals surface area (Å²) in [6.45, 7) is 10.3. The van der Waals surface area contributed by atoms with Crippen molar-refractivity contribution >= 4 is 5.97 Å². The largest absolute Gasteiger partial charge is 0.461 e. The highest BCUT2D eigenvalue weighted by atomic mass is 16.5. The van der Waals surface area contributed by atoms with Crippen LogP contribution in [0.15, 0.2) is 12.2 Å². The average molecular weight is 201 g/mol. The van der Waals surface area contributed by atoms with E-state index in [0.29, 0.717) is 25.3 Å². The van der Waals surface area contributed by atoms with Crippen LogP contribution in [0.2, 0.25) is 0 Å². The maximum absolute atomic E-state index is 10.9. The van der Waals surface area contributed by atoms with E-state index in [0.717, 1.165) is 13.2 Å². The van der Waals surface area contributed by atoms with Crippen LogP contribution in [-0.4, -0.2) is 38.9 Å². The van der Waals surface area contributed by atoms with Crippen molar-refractivity contribution in [1.82, 2.24) is 5.32 Å². The molecule has 0 aliphatic rings. The lowest BCUT2D eigenvalue weighted by Crippen LogP contribution is -2.25. The van der Waals surface area contributed by atoms with Crippen LogP contribution in [0.5, 0.6) is 0 Å². The van der Waals surface area contributed by atoms with Crippen LogP contribution in [0.3, 0.4) is 0 Å². The van der Waals surface area contributed by atoms with Crippen molar-refractivity contribution in [1.29, 1.82) is 0 Å². The molecule has 0 atom stereocenters. The summed E-state index contributed by atoms with van der Waals surface area (Å²) in [6.07, 6.45) is 0. The maximum atomic E-state index is 10.9. The second-order valence-electron chi connectivity index (χ2n) is 2.86. The molecule has 0 aromatic carbocycles. The topological polar surface area (TPSA) is 47.6 Å². The van der Waals surface area contributed by atoms with Gasteiger partial charge in [-0.2, -0.15) is 0 Å². The minimum Gasteiger partial charge on any atom is -0.461 e. The number of hydrogen-bond donors (Lipinski definition) is 1. The summed E-state index contributed by atoms with van der Waals surface area (Å²) in [5.41, 5.74) is 0.430. The number of nitrogens with one attached hydrogen (secondary N) is 1. The number of carbonyl (C=O) groups excluding carboxylic acids is 1. The molecule has 0 saturated carbocycles. The maximum Gasteiger partial charge on any atom is 0.333 e. The molecule has 0 unspecified atom stereocenters. The molecule has 0 rings (SSSR count). The van der Waals surface area contributed by atoms with Crippen LogP contribution >= 0.6 is 0 Å². The van der Waals surface area contributed by atoms with Gasteiger partial charge in [0.15, 0.2) is 0 Å². The first-order chi connectivity index (χ1) is 6.68. The van der Waals surface area contributed by atoms with E-state index < -0.39 is 0 Å². The molecule has 14 heavy (non-hydrogen) atoms. The van der Waals surface area contributed by atoms with Crippen molar-refractivity contribution in [3.05, 3.63) is 12.2 Å². The molecule has 4 heteroatoms. The van der Waals surface area contributed by atoms with Crippen molar-refractivity contribution in [2.45, 2.75) is 13.8 Å². The van der Waals surface area contributed by atoms with E-state index >= 15 is 0 Å². The highest BCUT2D eigenvalue weighted by Crippen LogP contribution is 1.90. The van der Waals surface area contributed by atoms with Gasteiger partial charge in [0.1, 0.15) is 6.61 Å². The van der Waals surface area contributed by atoms with Crippen LogP contribution in [0.25, 0.3) is 0 Å². The Morgan fingerprint density at radius 2 is 2.00 bits per heavy atom. The lowest BCUT2D eigenvalue weighted by Gasteiger charge is -2.05. The van der Waals surface area contributed by atoms with Crippen molar-refractivity contribution in [3.8, 4) is 0 Å². The van der Waals surface area contributed by atoms with E-state index in [-0.39, 0.29) is 5.97 Å². The van der Waals surface area contributed by atoms with Crippen molar-refractivity contribution in [3.63, 3.8) is 0 Å². The predicted octanol–water partition coefficient (Wildman–Crippen LogP) is 0.732. The van der Waals surface area contributed by atoms with Crippen LogP contribution < -0.4 is 5.32 Å². The van der Waals surface area contributed by atoms with Gasteiger partial charge in [0.2, 0.25) is 0 Å². The van der Waals surface area contributed by atoms with Gasteiger partial charge in [-0.3, -0.25) is 0 Å². The van der Waals surface area contributed by atoms with Gasteiger partial charge in [-0.25, -0.2) is 4.79 Å². The van der Waals surface area contributed by atoms with Crippen LogP contribution in [0, 0.1) is 0 Å². The molecule has 0 spiro atoms. The first-order valence-electron chi connectivity index (χ1n) is 4.79. The monoisotopic (exact) mass is 201 g/mol. The zero-order valence-corrected chi connectivity index (χ0v) is 8.97. The Morgan fingerprint density at radius 3 is 2.57 bits per heavy atom. The number of esters is 1. The van der Waals surface area contributed by atoms with E-state index in [9.17, 15) is 4.79 Å². The van der Waals surface area contributed by atoms with Crippen LogP contribution in [0.1, 0.15) is 13.8 Å². The Morgan fingerprint density at radius 1 is 1.36 bits per heavy atom. The third-order valence-electron chi connectivity index (χ3n) is 1.49. The first-order valence-corrected chi connectivity index (χ1v) is 4.79. The Labute approximate surface area is 85.3 Å². The van der Waals surface area contributed by atoms with Gasteiger partial charge >= 0.3 is 5.97 Å². The molecule has 82 valence electrons. The number of hydrogen-bond acceptors (Lipinski definition) is 4. The zero-order valence-electron chi connectivity index (χ0n) is 8.97. The van der Waals surface area contributed by atoms with Gasteiger partial charge in [0.25, 0.3) is 0 Å². The summed E-state index contributed by atoms with van der Waals surface area (Å²) >= 11 is 0. The Kier molecular flexibility index (Phi) is 8.17. The standard InChI is InChI=1S/C10H19NO3/c1-4-13-7-5-11-6-8-14-10(12)9(2)3/h11H,2,4-8H2,1,3H3. The molecule has 1 N–H and O–H groups in total. The summed E-state index contributed by atoms with van der Waals surface area (Å²) in [4.78, 5) is 10.9. The molecule has 4 nitrogen and oxygen atoms in total. The number of carbonyl (C=O) groups is 1. The van der Waals surface area contributed by atoms with Crippen LogP contribution in [-0.2, 0) is 14.3 Å². The minimum absolute atomic E-state index is 0.336. The van der Waals surface area contributed by atoms with Gasteiger partial charge in [0, 0.05) is 25.3 Å². The number of ether oxygens (including phenoxy) is 2. The fourth-order valence-corrected chi connectivity index (χ4v) is 0.753. The molecule has 0 aromatic rings. The lowest BCUT2D eigenvalue weighted by atomic mass is 10.4. The molecule has 0 bridgehead atoms. The van der Waals surface area contributed by atoms with Gasteiger partial charge in [-0.15, -0.1) is 0 Å². The Bertz CT molecular complexity index is 180. The molecular weight excluding hydrogens is 182 g/mol. The minimum atomic E-state index is -0.336. The lowest BCUT2D eigenvalue weighted by molar-refractivity contribution is -0.138. The smallest absolute Gasteiger partial charge is 0.333 e. The van der Waals surface area contributed by atoms with Gasteiger partial charge < -0.3 is 14.8 Å². The van der Waals surface area contributed by atoms with E-state index in [2.05, 4.69) is 11.9 Å². The molecule has 0 aliphatic carbocycles. The third kappa shape index (κ3) is 7.76. The number of rotatable bonds is 8. The molecule has 0 saturated heterocycles. The first kappa shape index (κ1) is 13.1. The third-order valence-corrected chi connectivity index (χ3v) is 1.49. The fourth-order valence-electron chi connectivity index (χ4n) is 0.753. The zero-order chi connectivity index (χ0) is 10.8. The summed E-state index contributed by atoms with van der Waals surface area (Å²) in [5, 5.41) is 3.08. The summed E-state index contributed by atoms with van der Waals surface area (Å²) in [5.74, 6) is -0.336.